The lowest BCUT2D eigenvalue weighted by Gasteiger charge is -2.31. The van der Waals surface area contributed by atoms with Gasteiger partial charge in [-0.3, -0.25) is 4.68 Å². The van der Waals surface area contributed by atoms with Gasteiger partial charge in [-0.1, -0.05) is 18.9 Å². The summed E-state index contributed by atoms with van der Waals surface area (Å²) in [6.07, 6.45) is 6.53. The molecule has 3 rings (SSSR count). The van der Waals surface area contributed by atoms with E-state index in [9.17, 15) is 5.11 Å². The number of rotatable bonds is 5. The Kier molecular flexibility index (Phi) is 4.96. The molecule has 2 atom stereocenters. The van der Waals surface area contributed by atoms with E-state index in [2.05, 4.69) is 40.8 Å². The Hall–Kier alpha value is -1.17. The zero-order chi connectivity index (χ0) is 15.5. The second-order valence-corrected chi connectivity index (χ2v) is 7.41. The second-order valence-electron chi connectivity index (χ2n) is 6.46. The van der Waals surface area contributed by atoms with Crippen molar-refractivity contribution in [2.45, 2.75) is 38.3 Å². The molecule has 5 heteroatoms. The minimum atomic E-state index is -0.123. The van der Waals surface area contributed by atoms with Crippen molar-refractivity contribution in [3.05, 3.63) is 29.3 Å². The topological polar surface area (TPSA) is 41.3 Å². The summed E-state index contributed by atoms with van der Waals surface area (Å²) in [6, 6.07) is 4.20. The number of aliphatic hydroxyl groups excluding tert-OH is 1. The van der Waals surface area contributed by atoms with Crippen LogP contribution in [0.5, 0.6) is 0 Å². The molecule has 1 fully saturated rings. The summed E-state index contributed by atoms with van der Waals surface area (Å²) in [5.41, 5.74) is 2.35. The number of aromatic nitrogens is 2. The molecule has 4 nitrogen and oxygen atoms in total. The maximum atomic E-state index is 10.2. The van der Waals surface area contributed by atoms with E-state index in [1.165, 1.54) is 23.3 Å². The molecule has 1 aliphatic rings. The first-order valence-corrected chi connectivity index (χ1v) is 8.94. The molecule has 2 heterocycles. The molecule has 2 aromatic heterocycles. The predicted molar refractivity (Wildman–Crippen MR) is 90.8 cm³/mol. The van der Waals surface area contributed by atoms with Crippen LogP contribution in [0.2, 0.25) is 0 Å². The van der Waals surface area contributed by atoms with E-state index in [0.29, 0.717) is 5.92 Å². The van der Waals surface area contributed by atoms with E-state index >= 15 is 0 Å². The van der Waals surface area contributed by atoms with Gasteiger partial charge in [0.1, 0.15) is 5.69 Å². The Labute approximate surface area is 136 Å². The van der Waals surface area contributed by atoms with Crippen molar-refractivity contribution in [2.24, 2.45) is 13.0 Å². The number of nitrogens with zero attached hydrogens (tertiary/aromatic N) is 3. The Morgan fingerprint density at radius 1 is 1.41 bits per heavy atom. The molecule has 2 unspecified atom stereocenters. The molecule has 22 heavy (non-hydrogen) atoms. The average molecular weight is 319 g/mol. The van der Waals surface area contributed by atoms with E-state index < -0.39 is 0 Å². The van der Waals surface area contributed by atoms with Gasteiger partial charge in [0.25, 0.3) is 0 Å². The Bertz CT molecular complexity index is 593. The lowest BCUT2D eigenvalue weighted by Crippen LogP contribution is -2.34. The van der Waals surface area contributed by atoms with Gasteiger partial charge in [-0.05, 0) is 37.3 Å². The Morgan fingerprint density at radius 3 is 2.95 bits per heavy atom. The van der Waals surface area contributed by atoms with Crippen LogP contribution in [0.15, 0.2) is 23.7 Å². The highest BCUT2D eigenvalue weighted by Gasteiger charge is 2.24. The Morgan fingerprint density at radius 2 is 2.23 bits per heavy atom. The van der Waals surface area contributed by atoms with Crippen LogP contribution in [0.3, 0.4) is 0 Å². The summed E-state index contributed by atoms with van der Waals surface area (Å²) in [6.45, 7) is 1.84. The van der Waals surface area contributed by atoms with Crippen LogP contribution in [-0.4, -0.2) is 39.5 Å². The first kappa shape index (κ1) is 15.7. The van der Waals surface area contributed by atoms with Crippen LogP contribution in [-0.2, 0) is 13.6 Å². The highest BCUT2D eigenvalue weighted by Crippen LogP contribution is 2.28. The van der Waals surface area contributed by atoms with Gasteiger partial charge >= 0.3 is 0 Å². The van der Waals surface area contributed by atoms with Crippen LogP contribution in [0, 0.1) is 5.92 Å². The smallest absolute Gasteiger partial charge is 0.107 e. The molecule has 1 N–H and O–H groups in total. The molecule has 0 aliphatic heterocycles. The predicted octanol–water partition coefficient (Wildman–Crippen LogP) is 3.13. The van der Waals surface area contributed by atoms with Crippen molar-refractivity contribution >= 4 is 11.3 Å². The molecule has 120 valence electrons. The zero-order valence-electron chi connectivity index (χ0n) is 13.4. The number of aryl methyl sites for hydroxylation is 1. The number of aliphatic hydroxyl groups is 1. The van der Waals surface area contributed by atoms with E-state index in [1.54, 1.807) is 11.3 Å². The molecule has 0 bridgehead atoms. The fourth-order valence-electron chi connectivity index (χ4n) is 3.43. The van der Waals surface area contributed by atoms with Crippen molar-refractivity contribution in [1.82, 2.24) is 14.7 Å². The van der Waals surface area contributed by atoms with E-state index in [-0.39, 0.29) is 6.10 Å². The summed E-state index contributed by atoms with van der Waals surface area (Å²) in [5, 5.41) is 16.9. The van der Waals surface area contributed by atoms with Gasteiger partial charge < -0.3 is 10.0 Å². The SMILES string of the molecule is CN(Cc1cn(C)nc1-c1cccs1)CC1CCCCC1O. The summed E-state index contributed by atoms with van der Waals surface area (Å²) < 4.78 is 1.90. The van der Waals surface area contributed by atoms with Crippen LogP contribution in [0.1, 0.15) is 31.2 Å². The monoisotopic (exact) mass is 319 g/mol. The summed E-state index contributed by atoms with van der Waals surface area (Å²) >= 11 is 1.73. The third-order valence-electron chi connectivity index (χ3n) is 4.51. The summed E-state index contributed by atoms with van der Waals surface area (Å²) in [7, 11) is 4.12. The molecule has 1 saturated carbocycles. The normalized spacial score (nSPS) is 22.4. The highest BCUT2D eigenvalue weighted by atomic mass is 32.1. The molecule has 0 amide bonds. The van der Waals surface area contributed by atoms with Crippen LogP contribution < -0.4 is 0 Å². The first-order valence-electron chi connectivity index (χ1n) is 8.06. The van der Waals surface area contributed by atoms with Gasteiger partial charge in [0.2, 0.25) is 0 Å². The highest BCUT2D eigenvalue weighted by molar-refractivity contribution is 7.13. The van der Waals surface area contributed by atoms with E-state index in [4.69, 9.17) is 0 Å². The maximum Gasteiger partial charge on any atom is 0.107 e. The van der Waals surface area contributed by atoms with Crippen molar-refractivity contribution < 1.29 is 5.11 Å². The van der Waals surface area contributed by atoms with Crippen LogP contribution in [0.25, 0.3) is 10.6 Å². The van der Waals surface area contributed by atoms with Crippen LogP contribution in [0.4, 0.5) is 0 Å². The minimum Gasteiger partial charge on any atom is -0.393 e. The first-order chi connectivity index (χ1) is 10.6. The van der Waals surface area contributed by atoms with Gasteiger partial charge in [-0.25, -0.2) is 0 Å². The van der Waals surface area contributed by atoms with Crippen LogP contribution >= 0.6 is 11.3 Å². The van der Waals surface area contributed by atoms with E-state index in [0.717, 1.165) is 31.6 Å². The van der Waals surface area contributed by atoms with Gasteiger partial charge in [0, 0.05) is 31.9 Å². The molecular weight excluding hydrogens is 294 g/mol. The van der Waals surface area contributed by atoms with Crippen molar-refractivity contribution in [1.29, 1.82) is 0 Å². The van der Waals surface area contributed by atoms with Gasteiger partial charge in [0.05, 0.1) is 11.0 Å². The molecule has 0 aromatic carbocycles. The van der Waals surface area contributed by atoms with Gasteiger partial charge in [-0.2, -0.15) is 5.10 Å². The average Bonchev–Trinajstić information content (AvgIpc) is 3.11. The van der Waals surface area contributed by atoms with Crippen molar-refractivity contribution in [2.75, 3.05) is 13.6 Å². The van der Waals surface area contributed by atoms with Crippen molar-refractivity contribution in [3.63, 3.8) is 0 Å². The number of hydrogen-bond acceptors (Lipinski definition) is 4. The quantitative estimate of drug-likeness (QED) is 0.920. The van der Waals surface area contributed by atoms with Crippen molar-refractivity contribution in [3.8, 4) is 10.6 Å². The van der Waals surface area contributed by atoms with Gasteiger partial charge in [-0.15, -0.1) is 11.3 Å². The molecule has 2 aromatic rings. The lowest BCUT2D eigenvalue weighted by atomic mass is 9.86. The largest absolute Gasteiger partial charge is 0.393 e. The molecule has 0 spiro atoms. The molecular formula is C17H25N3OS. The maximum absolute atomic E-state index is 10.2. The zero-order valence-corrected chi connectivity index (χ0v) is 14.2. The number of hydrogen-bond donors (Lipinski definition) is 1. The van der Waals surface area contributed by atoms with E-state index in [1.807, 2.05) is 11.7 Å². The summed E-state index contributed by atoms with van der Waals surface area (Å²) in [5.74, 6) is 0.417. The summed E-state index contributed by atoms with van der Waals surface area (Å²) in [4.78, 5) is 3.55. The fraction of sp³-hybridized carbons (Fsp3) is 0.588. The minimum absolute atomic E-state index is 0.123. The second kappa shape index (κ2) is 6.94. The Balaban J connectivity index is 1.67. The third-order valence-corrected chi connectivity index (χ3v) is 5.39. The molecule has 0 radical (unpaired) electrons. The molecule has 0 saturated heterocycles. The molecule has 1 aliphatic carbocycles. The number of thiophene rings is 1. The fourth-order valence-corrected chi connectivity index (χ4v) is 4.18. The van der Waals surface area contributed by atoms with Gasteiger partial charge in [0.15, 0.2) is 0 Å². The standard InChI is InChI=1S/C17H25N3OS/c1-19(10-13-6-3-4-7-15(13)21)11-14-12-20(2)18-17(14)16-8-5-9-22-16/h5,8-9,12-13,15,21H,3-4,6-7,10-11H2,1-2H3. The third kappa shape index (κ3) is 3.59. The lowest BCUT2D eigenvalue weighted by molar-refractivity contribution is 0.0502.